The fraction of sp³-hybridized carbons (Fsp3) is 0.688. The highest BCUT2D eigenvalue weighted by atomic mass is 16.5. The van der Waals surface area contributed by atoms with Crippen LogP contribution in [0.2, 0.25) is 0 Å². The Labute approximate surface area is 138 Å². The zero-order chi connectivity index (χ0) is 17.1. The largest absolute Gasteiger partial charge is 0.469 e. The highest BCUT2D eigenvalue weighted by Gasteiger charge is 2.21. The van der Waals surface area contributed by atoms with Crippen LogP contribution in [0.25, 0.3) is 0 Å². The number of hydrogen-bond donors (Lipinski definition) is 3. The molecule has 0 bridgehead atoms. The van der Waals surface area contributed by atoms with Crippen LogP contribution in [-0.4, -0.2) is 75.6 Å². The van der Waals surface area contributed by atoms with Gasteiger partial charge in [0.1, 0.15) is 5.76 Å². The molecule has 0 amide bonds. The maximum absolute atomic E-state index is 10.3. The molecule has 0 aromatic carbocycles. The Hall–Kier alpha value is -1.57. The highest BCUT2D eigenvalue weighted by molar-refractivity contribution is 5.79. The Morgan fingerprint density at radius 2 is 2.13 bits per heavy atom. The number of hydrogen-bond acceptors (Lipinski definition) is 5. The van der Waals surface area contributed by atoms with Crippen LogP contribution in [0.15, 0.2) is 27.8 Å². The van der Waals surface area contributed by atoms with Crippen LogP contribution in [0, 0.1) is 0 Å². The minimum atomic E-state index is -0.875. The zero-order valence-electron chi connectivity index (χ0n) is 14.6. The predicted octanol–water partition coefficient (Wildman–Crippen LogP) is 0.316. The molecule has 132 valence electrons. The molecule has 1 heterocycles. The molecule has 0 radical (unpaired) electrons. The van der Waals surface area contributed by atoms with Gasteiger partial charge in [-0.1, -0.05) is 0 Å². The molecule has 0 aliphatic heterocycles. The number of likely N-dealkylation sites (N-methyl/N-ethyl adjacent to an activating group) is 1. The number of nitrogens with one attached hydrogen (secondary N) is 2. The summed E-state index contributed by atoms with van der Waals surface area (Å²) in [5.74, 6) is 1.58. The Kier molecular flexibility index (Phi) is 8.68. The summed E-state index contributed by atoms with van der Waals surface area (Å²) in [5, 5.41) is 16.8. The number of furan rings is 1. The van der Waals surface area contributed by atoms with E-state index < -0.39 is 5.60 Å². The van der Waals surface area contributed by atoms with Gasteiger partial charge in [-0.2, -0.15) is 0 Å². The first kappa shape index (κ1) is 19.5. The van der Waals surface area contributed by atoms with E-state index in [-0.39, 0.29) is 0 Å². The maximum Gasteiger partial charge on any atom is 0.191 e. The molecule has 0 saturated heterocycles. The van der Waals surface area contributed by atoms with Gasteiger partial charge in [0.05, 0.1) is 25.0 Å². The highest BCUT2D eigenvalue weighted by Crippen LogP contribution is 2.05. The van der Waals surface area contributed by atoms with E-state index in [9.17, 15) is 5.11 Å². The number of rotatable bonds is 10. The van der Waals surface area contributed by atoms with E-state index in [4.69, 9.17) is 9.15 Å². The number of aliphatic hydroxyl groups is 1. The molecule has 0 fully saturated rings. The van der Waals surface area contributed by atoms with Crippen molar-refractivity contribution < 1.29 is 14.3 Å². The van der Waals surface area contributed by atoms with E-state index in [1.807, 2.05) is 31.1 Å². The number of ether oxygens (including phenoxy) is 1. The molecule has 23 heavy (non-hydrogen) atoms. The molecule has 1 aromatic rings. The third-order valence-corrected chi connectivity index (χ3v) is 3.08. The zero-order valence-corrected chi connectivity index (χ0v) is 14.6. The molecule has 3 N–H and O–H groups in total. The molecular formula is C16H30N4O3. The van der Waals surface area contributed by atoms with Crippen molar-refractivity contribution in [3.05, 3.63) is 24.2 Å². The molecule has 7 nitrogen and oxygen atoms in total. The minimum absolute atomic E-state index is 0.314. The molecule has 7 heteroatoms. The average molecular weight is 326 g/mol. The summed E-state index contributed by atoms with van der Waals surface area (Å²) in [4.78, 5) is 6.41. The van der Waals surface area contributed by atoms with E-state index in [1.54, 1.807) is 20.3 Å². The number of aliphatic imine (C=N–C) groups is 1. The molecule has 0 aliphatic rings. The first-order chi connectivity index (χ1) is 10.9. The lowest BCUT2D eigenvalue weighted by Crippen LogP contribution is -2.44. The van der Waals surface area contributed by atoms with Gasteiger partial charge in [-0.3, -0.25) is 4.99 Å². The molecule has 0 spiro atoms. The van der Waals surface area contributed by atoms with Gasteiger partial charge < -0.3 is 29.8 Å². The van der Waals surface area contributed by atoms with E-state index in [0.29, 0.717) is 38.7 Å². The second-order valence-corrected chi connectivity index (χ2v) is 6.08. The maximum atomic E-state index is 10.3. The van der Waals surface area contributed by atoms with Crippen molar-refractivity contribution in [1.82, 2.24) is 15.5 Å². The fourth-order valence-electron chi connectivity index (χ4n) is 2.19. The summed E-state index contributed by atoms with van der Waals surface area (Å²) >= 11 is 0. The molecule has 0 aliphatic carbocycles. The Bertz CT molecular complexity index is 444. The first-order valence-electron chi connectivity index (χ1n) is 7.83. The average Bonchev–Trinajstić information content (AvgIpc) is 2.96. The van der Waals surface area contributed by atoms with Gasteiger partial charge in [0.25, 0.3) is 0 Å². The van der Waals surface area contributed by atoms with Crippen LogP contribution in [0.4, 0.5) is 0 Å². The van der Waals surface area contributed by atoms with Gasteiger partial charge in [-0.15, -0.1) is 0 Å². The first-order valence-corrected chi connectivity index (χ1v) is 7.83. The summed E-state index contributed by atoms with van der Waals surface area (Å²) in [7, 11) is 5.51. The quantitative estimate of drug-likeness (QED) is 0.326. The fourth-order valence-corrected chi connectivity index (χ4v) is 2.19. The van der Waals surface area contributed by atoms with E-state index in [2.05, 4.69) is 15.6 Å². The van der Waals surface area contributed by atoms with Gasteiger partial charge in [-0.05, 0) is 33.2 Å². The molecule has 1 aromatic heterocycles. The van der Waals surface area contributed by atoms with E-state index in [1.165, 1.54) is 0 Å². The van der Waals surface area contributed by atoms with Gasteiger partial charge in [-0.25, -0.2) is 0 Å². The normalized spacial score (nSPS) is 14.8. The van der Waals surface area contributed by atoms with Gasteiger partial charge in [0.15, 0.2) is 5.96 Å². The molecule has 1 unspecified atom stereocenters. The van der Waals surface area contributed by atoms with Crippen molar-refractivity contribution in [3.63, 3.8) is 0 Å². The molecule has 1 rings (SSSR count). The third-order valence-electron chi connectivity index (χ3n) is 3.08. The van der Waals surface area contributed by atoms with E-state index in [0.717, 1.165) is 12.2 Å². The number of nitrogens with zero attached hydrogens (tertiary/aromatic N) is 2. The van der Waals surface area contributed by atoms with Gasteiger partial charge in [0, 0.05) is 33.2 Å². The summed E-state index contributed by atoms with van der Waals surface area (Å²) in [6, 6.07) is 3.82. The third kappa shape index (κ3) is 9.22. The van der Waals surface area contributed by atoms with Crippen molar-refractivity contribution in [2.75, 3.05) is 54.0 Å². The molecule has 0 saturated carbocycles. The molecule has 1 atom stereocenters. The lowest BCUT2D eigenvalue weighted by atomic mass is 10.1. The molecular weight excluding hydrogens is 296 g/mol. The summed E-state index contributed by atoms with van der Waals surface area (Å²) in [5.41, 5.74) is -0.875. The van der Waals surface area contributed by atoms with Gasteiger partial charge >= 0.3 is 0 Å². The topological polar surface area (TPSA) is 82.3 Å². The van der Waals surface area contributed by atoms with Crippen molar-refractivity contribution in [2.45, 2.75) is 18.9 Å². The standard InChI is InChI=1S/C16H30N4O3/c1-16(21,13-20(2)3)12-19-15(18-9-11-22-4)17-8-7-14-6-5-10-23-14/h5-6,10,21H,7-9,11-13H2,1-4H3,(H2,17,18,19). The Balaban J connectivity index is 2.50. The van der Waals surface area contributed by atoms with Gasteiger partial charge in [0.2, 0.25) is 0 Å². The van der Waals surface area contributed by atoms with Crippen LogP contribution in [0.3, 0.4) is 0 Å². The number of guanidine groups is 1. The second kappa shape index (κ2) is 10.3. The monoisotopic (exact) mass is 326 g/mol. The smallest absolute Gasteiger partial charge is 0.191 e. The second-order valence-electron chi connectivity index (χ2n) is 6.08. The van der Waals surface area contributed by atoms with E-state index >= 15 is 0 Å². The lowest BCUT2D eigenvalue weighted by molar-refractivity contribution is 0.0423. The van der Waals surface area contributed by atoms with Crippen LogP contribution in [0.5, 0.6) is 0 Å². The van der Waals surface area contributed by atoms with Crippen LogP contribution < -0.4 is 10.6 Å². The van der Waals surface area contributed by atoms with Crippen LogP contribution >= 0.6 is 0 Å². The summed E-state index contributed by atoms with van der Waals surface area (Å²) in [6.07, 6.45) is 2.44. The lowest BCUT2D eigenvalue weighted by Gasteiger charge is -2.25. The SMILES string of the molecule is COCCNC(=NCC(C)(O)CN(C)C)NCCc1ccco1. The number of methoxy groups -OCH3 is 1. The van der Waals surface area contributed by atoms with Crippen LogP contribution in [0.1, 0.15) is 12.7 Å². The van der Waals surface area contributed by atoms with Crippen LogP contribution in [-0.2, 0) is 11.2 Å². The summed E-state index contributed by atoms with van der Waals surface area (Å²) in [6.45, 7) is 4.59. The van der Waals surface area contributed by atoms with Crippen molar-refractivity contribution in [3.8, 4) is 0 Å². The van der Waals surface area contributed by atoms with Crippen molar-refractivity contribution in [2.24, 2.45) is 4.99 Å². The Morgan fingerprint density at radius 1 is 1.39 bits per heavy atom. The Morgan fingerprint density at radius 3 is 2.74 bits per heavy atom. The predicted molar refractivity (Wildman–Crippen MR) is 91.8 cm³/mol. The van der Waals surface area contributed by atoms with Crippen molar-refractivity contribution >= 4 is 5.96 Å². The van der Waals surface area contributed by atoms with Crippen molar-refractivity contribution in [1.29, 1.82) is 0 Å². The summed E-state index contributed by atoms with van der Waals surface area (Å²) < 4.78 is 10.3. The minimum Gasteiger partial charge on any atom is -0.469 e.